The highest BCUT2D eigenvalue weighted by molar-refractivity contribution is 6.30. The van der Waals surface area contributed by atoms with Crippen LogP contribution in [0.4, 0.5) is 4.79 Å². The second-order valence-corrected chi connectivity index (χ2v) is 6.82. The number of amides is 2. The quantitative estimate of drug-likeness (QED) is 0.814. The molecule has 1 atom stereocenters. The van der Waals surface area contributed by atoms with E-state index in [9.17, 15) is 9.59 Å². The Labute approximate surface area is 155 Å². The normalized spacial score (nSPS) is 20.4. The Kier molecular flexibility index (Phi) is 4.46. The fourth-order valence-electron chi connectivity index (χ4n) is 3.39. The van der Waals surface area contributed by atoms with Crippen LogP contribution < -0.4 is 0 Å². The largest absolute Gasteiger partial charge is 0.349 e. The summed E-state index contributed by atoms with van der Waals surface area (Å²) in [5, 5.41) is 6.58. The summed E-state index contributed by atoms with van der Waals surface area (Å²) < 4.78 is 1.38. The van der Waals surface area contributed by atoms with Crippen molar-refractivity contribution < 1.29 is 9.59 Å². The lowest BCUT2D eigenvalue weighted by Crippen LogP contribution is -2.49. The second-order valence-electron chi connectivity index (χ2n) is 6.39. The first-order valence-electron chi connectivity index (χ1n) is 8.57. The minimum Gasteiger partial charge on any atom is -0.332 e. The molecule has 0 saturated carbocycles. The van der Waals surface area contributed by atoms with E-state index in [4.69, 9.17) is 11.6 Å². The fraction of sp³-hybridized carbons (Fsp3) is 0.333. The molecule has 0 radical (unpaired) electrons. The van der Waals surface area contributed by atoms with E-state index in [-0.39, 0.29) is 18.0 Å². The van der Waals surface area contributed by atoms with Crippen LogP contribution in [0.1, 0.15) is 24.8 Å². The van der Waals surface area contributed by atoms with Crippen molar-refractivity contribution in [2.45, 2.75) is 25.3 Å². The molecule has 26 heavy (non-hydrogen) atoms. The SMILES string of the molecule is O=C1CCCCN1C1CN(C(=O)n2ccnc2)N=C1c1ccc(Cl)cc1. The Morgan fingerprint density at radius 2 is 2.00 bits per heavy atom. The van der Waals surface area contributed by atoms with Gasteiger partial charge in [0.05, 0.1) is 18.3 Å². The summed E-state index contributed by atoms with van der Waals surface area (Å²) >= 11 is 5.99. The zero-order chi connectivity index (χ0) is 18.1. The molecular formula is C18H18ClN5O2. The van der Waals surface area contributed by atoms with Crippen molar-refractivity contribution in [3.63, 3.8) is 0 Å². The third-order valence-electron chi connectivity index (χ3n) is 4.71. The molecule has 8 heteroatoms. The van der Waals surface area contributed by atoms with Gasteiger partial charge in [-0.25, -0.2) is 14.8 Å². The number of imidazole rings is 1. The first kappa shape index (κ1) is 16.8. The summed E-state index contributed by atoms with van der Waals surface area (Å²) in [5.41, 5.74) is 1.57. The summed E-state index contributed by atoms with van der Waals surface area (Å²) in [6.45, 7) is 1.02. The van der Waals surface area contributed by atoms with Gasteiger partial charge in [0.2, 0.25) is 5.91 Å². The summed E-state index contributed by atoms with van der Waals surface area (Å²) in [5.74, 6) is 0.111. The number of carbonyl (C=O) groups excluding carboxylic acids is 2. The van der Waals surface area contributed by atoms with E-state index in [0.29, 0.717) is 30.2 Å². The zero-order valence-corrected chi connectivity index (χ0v) is 14.8. The smallest absolute Gasteiger partial charge is 0.332 e. The van der Waals surface area contributed by atoms with Crippen molar-refractivity contribution in [3.05, 3.63) is 53.6 Å². The van der Waals surface area contributed by atoms with Crippen LogP contribution >= 0.6 is 11.6 Å². The van der Waals surface area contributed by atoms with Crippen molar-refractivity contribution >= 4 is 29.3 Å². The molecule has 0 spiro atoms. The second kappa shape index (κ2) is 6.92. The number of hydrazone groups is 1. The third-order valence-corrected chi connectivity index (χ3v) is 4.96. The molecule has 0 N–H and O–H groups in total. The summed E-state index contributed by atoms with van der Waals surface area (Å²) in [7, 11) is 0. The predicted octanol–water partition coefficient (Wildman–Crippen LogP) is 2.61. The molecule has 7 nitrogen and oxygen atoms in total. The average molecular weight is 372 g/mol. The van der Waals surface area contributed by atoms with Gasteiger partial charge in [0.25, 0.3) is 0 Å². The number of halogens is 1. The van der Waals surface area contributed by atoms with Gasteiger partial charge in [0.1, 0.15) is 6.33 Å². The van der Waals surface area contributed by atoms with Crippen molar-refractivity contribution in [3.8, 4) is 0 Å². The number of hydrogen-bond donors (Lipinski definition) is 0. The maximum atomic E-state index is 12.7. The highest BCUT2D eigenvalue weighted by Gasteiger charge is 2.38. The van der Waals surface area contributed by atoms with E-state index in [2.05, 4.69) is 10.1 Å². The molecule has 2 amide bonds. The van der Waals surface area contributed by atoms with E-state index in [1.54, 1.807) is 24.5 Å². The lowest BCUT2D eigenvalue weighted by molar-refractivity contribution is -0.134. The van der Waals surface area contributed by atoms with Gasteiger partial charge >= 0.3 is 6.03 Å². The molecule has 3 heterocycles. The Hall–Kier alpha value is -2.67. The first-order chi connectivity index (χ1) is 12.6. The van der Waals surface area contributed by atoms with Crippen LogP contribution in [-0.2, 0) is 4.79 Å². The van der Waals surface area contributed by atoms with Gasteiger partial charge in [0, 0.05) is 35.9 Å². The van der Waals surface area contributed by atoms with Gasteiger partial charge < -0.3 is 4.90 Å². The van der Waals surface area contributed by atoms with Crippen molar-refractivity contribution in [2.75, 3.05) is 13.1 Å². The van der Waals surface area contributed by atoms with Crippen LogP contribution in [0, 0.1) is 0 Å². The molecule has 1 unspecified atom stereocenters. The number of nitrogens with zero attached hydrogens (tertiary/aromatic N) is 5. The van der Waals surface area contributed by atoms with E-state index < -0.39 is 0 Å². The van der Waals surface area contributed by atoms with Crippen molar-refractivity contribution in [1.82, 2.24) is 19.5 Å². The van der Waals surface area contributed by atoms with Crippen LogP contribution in [0.15, 0.2) is 48.1 Å². The number of carbonyl (C=O) groups is 2. The molecule has 2 aromatic rings. The fourth-order valence-corrected chi connectivity index (χ4v) is 3.51. The predicted molar refractivity (Wildman–Crippen MR) is 97.1 cm³/mol. The topological polar surface area (TPSA) is 70.8 Å². The molecule has 1 fully saturated rings. The van der Waals surface area contributed by atoms with Crippen LogP contribution in [0.2, 0.25) is 5.02 Å². The summed E-state index contributed by atoms with van der Waals surface area (Å²) in [6, 6.07) is 6.77. The standard InChI is InChI=1S/C18H18ClN5O2/c19-14-6-4-13(5-7-14)17-15(23-9-2-1-3-16(23)25)11-24(21-17)18(26)22-10-8-20-12-22/h4-8,10,12,15H,1-3,9,11H2. The number of aromatic nitrogens is 2. The lowest BCUT2D eigenvalue weighted by Gasteiger charge is -2.33. The summed E-state index contributed by atoms with van der Waals surface area (Å²) in [6.07, 6.45) is 6.99. The van der Waals surface area contributed by atoms with Crippen molar-refractivity contribution in [1.29, 1.82) is 0 Å². The number of rotatable bonds is 2. The minimum atomic E-state index is -0.291. The molecule has 134 valence electrons. The Morgan fingerprint density at radius 3 is 2.69 bits per heavy atom. The van der Waals surface area contributed by atoms with E-state index in [1.807, 2.05) is 17.0 Å². The van der Waals surface area contributed by atoms with Gasteiger partial charge in [-0.05, 0) is 25.0 Å². The average Bonchev–Trinajstić information content (AvgIpc) is 3.32. The molecule has 4 rings (SSSR count). The molecule has 2 aliphatic rings. The third kappa shape index (κ3) is 3.10. The molecule has 2 aliphatic heterocycles. The van der Waals surface area contributed by atoms with Crippen LogP contribution in [0.25, 0.3) is 0 Å². The summed E-state index contributed by atoms with van der Waals surface area (Å²) in [4.78, 5) is 30.9. The molecule has 0 aliphatic carbocycles. The van der Waals surface area contributed by atoms with Crippen molar-refractivity contribution in [2.24, 2.45) is 5.10 Å². The molecule has 1 saturated heterocycles. The minimum absolute atomic E-state index is 0.111. The monoisotopic (exact) mass is 371 g/mol. The van der Waals surface area contributed by atoms with E-state index >= 15 is 0 Å². The maximum Gasteiger partial charge on any atom is 0.349 e. The van der Waals surface area contributed by atoms with Gasteiger partial charge in [0.15, 0.2) is 0 Å². The van der Waals surface area contributed by atoms with Crippen LogP contribution in [0.3, 0.4) is 0 Å². The highest BCUT2D eigenvalue weighted by atomic mass is 35.5. The van der Waals surface area contributed by atoms with Crippen LogP contribution in [0.5, 0.6) is 0 Å². The van der Waals surface area contributed by atoms with Gasteiger partial charge in [-0.1, -0.05) is 23.7 Å². The van der Waals surface area contributed by atoms with Gasteiger partial charge in [-0.15, -0.1) is 0 Å². The lowest BCUT2D eigenvalue weighted by atomic mass is 10.00. The van der Waals surface area contributed by atoms with E-state index in [1.165, 1.54) is 15.9 Å². The zero-order valence-electron chi connectivity index (χ0n) is 14.1. The number of benzene rings is 1. The van der Waals surface area contributed by atoms with Crippen LogP contribution in [-0.4, -0.2) is 56.2 Å². The molecule has 1 aromatic heterocycles. The van der Waals surface area contributed by atoms with Gasteiger partial charge in [-0.3, -0.25) is 9.36 Å². The van der Waals surface area contributed by atoms with Gasteiger partial charge in [-0.2, -0.15) is 5.10 Å². The molecular weight excluding hydrogens is 354 g/mol. The number of piperidine rings is 1. The number of hydrogen-bond acceptors (Lipinski definition) is 4. The Bertz CT molecular complexity index is 847. The Balaban J connectivity index is 1.68. The van der Waals surface area contributed by atoms with E-state index in [0.717, 1.165) is 18.4 Å². The maximum absolute atomic E-state index is 12.7. The highest BCUT2D eigenvalue weighted by Crippen LogP contribution is 2.24. The Morgan fingerprint density at radius 1 is 1.19 bits per heavy atom. The first-order valence-corrected chi connectivity index (χ1v) is 8.95. The number of likely N-dealkylation sites (tertiary alicyclic amines) is 1. The molecule has 1 aromatic carbocycles. The molecule has 0 bridgehead atoms.